The summed E-state index contributed by atoms with van der Waals surface area (Å²) in [6.45, 7) is 4.60. The molecule has 0 saturated heterocycles. The Bertz CT molecular complexity index is 559. The number of methoxy groups -OCH3 is 1. The Kier molecular flexibility index (Phi) is 5.25. The van der Waals surface area contributed by atoms with Crippen LogP contribution in [0.5, 0.6) is 11.5 Å². The van der Waals surface area contributed by atoms with Gasteiger partial charge in [0.05, 0.1) is 13.7 Å². The molecule has 6 heteroatoms. The van der Waals surface area contributed by atoms with Gasteiger partial charge in [-0.3, -0.25) is 20.4 Å². The molecule has 6 nitrogen and oxygen atoms in total. The van der Waals surface area contributed by atoms with Crippen LogP contribution in [-0.4, -0.2) is 25.5 Å². The Morgan fingerprint density at radius 3 is 2.59 bits per heavy atom. The number of carbonyl (C=O) groups excluding carboxylic acids is 2. The Balaban J connectivity index is 1.95. The molecule has 1 fully saturated rings. The first-order valence-corrected chi connectivity index (χ1v) is 7.47. The van der Waals surface area contributed by atoms with Crippen molar-refractivity contribution in [2.24, 2.45) is 11.8 Å². The molecule has 1 aromatic carbocycles. The van der Waals surface area contributed by atoms with Crippen molar-refractivity contribution in [3.63, 3.8) is 0 Å². The Morgan fingerprint density at radius 2 is 2.00 bits per heavy atom. The van der Waals surface area contributed by atoms with E-state index < -0.39 is 0 Å². The molecule has 2 rings (SSSR count). The molecule has 0 radical (unpaired) electrons. The van der Waals surface area contributed by atoms with Gasteiger partial charge < -0.3 is 9.47 Å². The zero-order valence-electron chi connectivity index (χ0n) is 13.1. The summed E-state index contributed by atoms with van der Waals surface area (Å²) in [6.07, 6.45) is 1.76. The van der Waals surface area contributed by atoms with Gasteiger partial charge in [-0.15, -0.1) is 0 Å². The summed E-state index contributed by atoms with van der Waals surface area (Å²) in [7, 11) is 1.52. The molecular weight excluding hydrogens is 284 g/mol. The van der Waals surface area contributed by atoms with Crippen molar-refractivity contribution in [3.05, 3.63) is 23.8 Å². The maximum absolute atomic E-state index is 12.0. The van der Waals surface area contributed by atoms with Crippen LogP contribution in [0.4, 0.5) is 0 Å². The Morgan fingerprint density at radius 1 is 1.27 bits per heavy atom. The van der Waals surface area contributed by atoms with Crippen molar-refractivity contribution < 1.29 is 19.1 Å². The fourth-order valence-electron chi connectivity index (χ4n) is 2.11. The number of hydrogen-bond acceptors (Lipinski definition) is 4. The van der Waals surface area contributed by atoms with Crippen LogP contribution < -0.4 is 20.3 Å². The molecule has 2 N–H and O–H groups in total. The second-order valence-electron chi connectivity index (χ2n) is 5.48. The van der Waals surface area contributed by atoms with E-state index in [-0.39, 0.29) is 17.7 Å². The molecule has 1 aliphatic carbocycles. The third kappa shape index (κ3) is 3.90. The number of hydrazine groups is 1. The summed E-state index contributed by atoms with van der Waals surface area (Å²) < 4.78 is 10.8. The van der Waals surface area contributed by atoms with E-state index in [1.807, 2.05) is 13.8 Å². The van der Waals surface area contributed by atoms with Crippen LogP contribution >= 0.6 is 0 Å². The molecule has 1 saturated carbocycles. The van der Waals surface area contributed by atoms with Gasteiger partial charge in [0.1, 0.15) is 0 Å². The molecule has 0 aliphatic heterocycles. The average Bonchev–Trinajstić information content (AvgIpc) is 3.27. The van der Waals surface area contributed by atoms with Crippen molar-refractivity contribution in [1.29, 1.82) is 0 Å². The van der Waals surface area contributed by atoms with E-state index in [0.717, 1.165) is 12.8 Å². The van der Waals surface area contributed by atoms with Gasteiger partial charge in [0, 0.05) is 11.5 Å². The van der Waals surface area contributed by atoms with Crippen LogP contribution in [0.1, 0.15) is 37.0 Å². The van der Waals surface area contributed by atoms with Crippen molar-refractivity contribution in [2.75, 3.05) is 13.7 Å². The predicted octanol–water partition coefficient (Wildman–Crippen LogP) is 1.90. The molecule has 2 atom stereocenters. The van der Waals surface area contributed by atoms with Gasteiger partial charge in [0.15, 0.2) is 11.5 Å². The van der Waals surface area contributed by atoms with E-state index in [4.69, 9.17) is 9.47 Å². The summed E-state index contributed by atoms with van der Waals surface area (Å²) in [5.74, 6) is 0.962. The number of benzene rings is 1. The molecule has 0 heterocycles. The lowest BCUT2D eigenvalue weighted by atomic mass is 10.2. The summed E-state index contributed by atoms with van der Waals surface area (Å²) in [5, 5.41) is 0. The molecular formula is C16H22N2O4. The molecule has 0 bridgehead atoms. The third-order valence-electron chi connectivity index (χ3n) is 3.63. The van der Waals surface area contributed by atoms with Crippen LogP contribution in [-0.2, 0) is 4.79 Å². The fraction of sp³-hybridized carbons (Fsp3) is 0.500. The highest BCUT2D eigenvalue weighted by Crippen LogP contribution is 2.37. The largest absolute Gasteiger partial charge is 0.493 e. The quantitative estimate of drug-likeness (QED) is 0.787. The summed E-state index contributed by atoms with van der Waals surface area (Å²) in [4.78, 5) is 23.7. The normalized spacial score (nSPS) is 19.2. The standard InChI is InChI=1S/C16H22N2O4/c1-4-7-22-13-6-5-11(9-14(13)21-3)15(19)17-18-16(20)12-8-10(12)2/h5-6,9-10,12H,4,7-8H2,1-3H3,(H,17,19)(H,18,20). The SMILES string of the molecule is CCCOc1ccc(C(=O)NNC(=O)C2CC2C)cc1OC. The minimum absolute atomic E-state index is 0.0136. The zero-order chi connectivity index (χ0) is 16.1. The van der Waals surface area contributed by atoms with Crippen LogP contribution in [0.2, 0.25) is 0 Å². The zero-order valence-corrected chi connectivity index (χ0v) is 13.1. The average molecular weight is 306 g/mol. The highest BCUT2D eigenvalue weighted by Gasteiger charge is 2.39. The summed E-state index contributed by atoms with van der Waals surface area (Å²) in [6, 6.07) is 4.91. The minimum Gasteiger partial charge on any atom is -0.493 e. The van der Waals surface area contributed by atoms with Crippen molar-refractivity contribution >= 4 is 11.8 Å². The fourth-order valence-corrected chi connectivity index (χ4v) is 2.11. The molecule has 1 aromatic rings. The molecule has 120 valence electrons. The summed E-state index contributed by atoms with van der Waals surface area (Å²) >= 11 is 0. The van der Waals surface area contributed by atoms with Gasteiger partial charge in [-0.1, -0.05) is 13.8 Å². The maximum Gasteiger partial charge on any atom is 0.269 e. The van der Waals surface area contributed by atoms with Crippen LogP contribution in [0.15, 0.2) is 18.2 Å². The summed E-state index contributed by atoms with van der Waals surface area (Å²) in [5.41, 5.74) is 5.26. The number of rotatable bonds is 6. The van der Waals surface area contributed by atoms with Gasteiger partial charge in [-0.05, 0) is 37.0 Å². The lowest BCUT2D eigenvalue weighted by molar-refractivity contribution is -0.123. The van der Waals surface area contributed by atoms with E-state index in [2.05, 4.69) is 10.9 Å². The lowest BCUT2D eigenvalue weighted by Crippen LogP contribution is -2.42. The second-order valence-corrected chi connectivity index (χ2v) is 5.48. The van der Waals surface area contributed by atoms with Crippen LogP contribution in [0.25, 0.3) is 0 Å². The van der Waals surface area contributed by atoms with Gasteiger partial charge in [0.25, 0.3) is 5.91 Å². The first-order valence-electron chi connectivity index (χ1n) is 7.47. The van der Waals surface area contributed by atoms with E-state index in [9.17, 15) is 9.59 Å². The minimum atomic E-state index is -0.387. The number of hydrogen-bond donors (Lipinski definition) is 2. The smallest absolute Gasteiger partial charge is 0.269 e. The monoisotopic (exact) mass is 306 g/mol. The third-order valence-corrected chi connectivity index (χ3v) is 3.63. The second kappa shape index (κ2) is 7.15. The van der Waals surface area contributed by atoms with Crippen molar-refractivity contribution in [3.8, 4) is 11.5 Å². The van der Waals surface area contributed by atoms with Gasteiger partial charge in [-0.2, -0.15) is 0 Å². The van der Waals surface area contributed by atoms with Crippen molar-refractivity contribution in [1.82, 2.24) is 10.9 Å². The Labute approximate surface area is 130 Å². The maximum atomic E-state index is 12.0. The molecule has 0 spiro atoms. The highest BCUT2D eigenvalue weighted by atomic mass is 16.5. The van der Waals surface area contributed by atoms with E-state index >= 15 is 0 Å². The van der Waals surface area contributed by atoms with Gasteiger partial charge in [0.2, 0.25) is 5.91 Å². The van der Waals surface area contributed by atoms with Gasteiger partial charge >= 0.3 is 0 Å². The number of carbonyl (C=O) groups is 2. The van der Waals surface area contributed by atoms with E-state index in [1.54, 1.807) is 18.2 Å². The van der Waals surface area contributed by atoms with Crippen LogP contribution in [0.3, 0.4) is 0 Å². The molecule has 0 aromatic heterocycles. The Hall–Kier alpha value is -2.24. The van der Waals surface area contributed by atoms with Crippen LogP contribution in [0, 0.1) is 11.8 Å². The molecule has 2 amide bonds. The number of nitrogens with one attached hydrogen (secondary N) is 2. The topological polar surface area (TPSA) is 76.7 Å². The molecule has 2 unspecified atom stereocenters. The van der Waals surface area contributed by atoms with Crippen molar-refractivity contribution in [2.45, 2.75) is 26.7 Å². The highest BCUT2D eigenvalue weighted by molar-refractivity contribution is 5.96. The van der Waals surface area contributed by atoms with Gasteiger partial charge in [-0.25, -0.2) is 0 Å². The first-order chi connectivity index (χ1) is 10.6. The number of ether oxygens (including phenoxy) is 2. The number of amides is 2. The molecule has 22 heavy (non-hydrogen) atoms. The first kappa shape index (κ1) is 16.1. The lowest BCUT2D eigenvalue weighted by Gasteiger charge is -2.12. The van der Waals surface area contributed by atoms with E-state index in [1.165, 1.54) is 7.11 Å². The molecule has 1 aliphatic rings. The predicted molar refractivity (Wildman–Crippen MR) is 81.7 cm³/mol. The van der Waals surface area contributed by atoms with E-state index in [0.29, 0.717) is 29.6 Å².